The van der Waals surface area contributed by atoms with Gasteiger partial charge in [-0.05, 0) is 24.6 Å². The highest BCUT2D eigenvalue weighted by Gasteiger charge is 2.26. The molecule has 5 aromatic rings. The molecule has 0 spiro atoms. The minimum Gasteiger partial charge on any atom is -0.297 e. The number of hydrogen-bond acceptors (Lipinski definition) is 6. The first kappa shape index (κ1) is 20.2. The van der Waals surface area contributed by atoms with E-state index in [1.54, 1.807) is 29.3 Å². The van der Waals surface area contributed by atoms with Gasteiger partial charge in [-0.2, -0.15) is 5.10 Å². The second kappa shape index (κ2) is 8.08. The van der Waals surface area contributed by atoms with E-state index in [4.69, 9.17) is 0 Å². The van der Waals surface area contributed by atoms with E-state index in [1.807, 2.05) is 12.3 Å². The van der Waals surface area contributed by atoms with Gasteiger partial charge in [-0.1, -0.05) is 6.07 Å². The van der Waals surface area contributed by atoms with Crippen LogP contribution in [0.15, 0.2) is 65.7 Å². The summed E-state index contributed by atoms with van der Waals surface area (Å²) in [4.78, 5) is 26.0. The van der Waals surface area contributed by atoms with Crippen LogP contribution in [0.5, 0.6) is 0 Å². The lowest BCUT2D eigenvalue weighted by atomic mass is 9.91. The topological polar surface area (TPSA) is 82.9 Å². The van der Waals surface area contributed by atoms with Crippen molar-refractivity contribution in [2.75, 3.05) is 0 Å². The molecule has 0 N–H and O–H groups in total. The van der Waals surface area contributed by atoms with Crippen molar-refractivity contribution in [2.24, 2.45) is 0 Å². The van der Waals surface area contributed by atoms with Crippen LogP contribution in [-0.4, -0.2) is 33.7 Å². The van der Waals surface area contributed by atoms with Crippen molar-refractivity contribution in [3.63, 3.8) is 0 Å². The lowest BCUT2D eigenvalue weighted by Crippen LogP contribution is -2.32. The molecule has 4 heterocycles. The van der Waals surface area contributed by atoms with Crippen molar-refractivity contribution in [3.05, 3.63) is 88.6 Å². The predicted octanol–water partition coefficient (Wildman–Crippen LogP) is 3.53. The van der Waals surface area contributed by atoms with E-state index in [-0.39, 0.29) is 17.8 Å². The maximum atomic E-state index is 14.7. The van der Waals surface area contributed by atoms with Gasteiger partial charge in [-0.15, -0.1) is 11.3 Å². The first-order valence-corrected chi connectivity index (χ1v) is 10.7. The molecule has 11 heteroatoms. The molecule has 5 rings (SSSR count). The smallest absolute Gasteiger partial charge is 0.297 e. The van der Waals surface area contributed by atoms with Crippen LogP contribution in [0.4, 0.5) is 8.78 Å². The average Bonchev–Trinajstić information content (AvgIpc) is 3.53. The van der Waals surface area contributed by atoms with Crippen molar-refractivity contribution in [1.29, 1.82) is 0 Å². The monoisotopic (exact) mass is 453 g/mol. The Morgan fingerprint density at radius 1 is 1.22 bits per heavy atom. The fraction of sp³-hybridized carbons (Fsp3) is 0.190. The van der Waals surface area contributed by atoms with Crippen LogP contribution in [0.1, 0.15) is 24.4 Å². The van der Waals surface area contributed by atoms with Crippen LogP contribution in [0, 0.1) is 11.6 Å². The molecule has 0 fully saturated rings. The molecular weight excluding hydrogens is 436 g/mol. The maximum absolute atomic E-state index is 14.7. The third-order valence-electron chi connectivity index (χ3n) is 5.43. The summed E-state index contributed by atoms with van der Waals surface area (Å²) in [6.45, 7) is 2.07. The van der Waals surface area contributed by atoms with Crippen LogP contribution in [0.2, 0.25) is 0 Å². The number of imidazole rings is 1. The first-order valence-electron chi connectivity index (χ1n) is 9.79. The van der Waals surface area contributed by atoms with Gasteiger partial charge in [0.1, 0.15) is 40.6 Å². The zero-order valence-electron chi connectivity index (χ0n) is 16.8. The average molecular weight is 453 g/mol. The van der Waals surface area contributed by atoms with E-state index >= 15 is 0 Å². The third-order valence-corrected chi connectivity index (χ3v) is 6.22. The zero-order valence-corrected chi connectivity index (χ0v) is 17.7. The number of halogens is 2. The Bertz CT molecular complexity index is 1430. The van der Waals surface area contributed by atoms with Crippen LogP contribution in [-0.2, 0) is 6.54 Å². The Labute approximate surface area is 184 Å². The predicted molar refractivity (Wildman–Crippen MR) is 114 cm³/mol. The molecule has 2 unspecified atom stereocenters. The fourth-order valence-corrected chi connectivity index (χ4v) is 4.39. The van der Waals surface area contributed by atoms with E-state index in [1.165, 1.54) is 45.1 Å². The molecular formula is C21H17F2N7OS. The van der Waals surface area contributed by atoms with Gasteiger partial charge in [0.25, 0.3) is 0 Å². The highest BCUT2D eigenvalue weighted by molar-refractivity contribution is 7.13. The van der Waals surface area contributed by atoms with Gasteiger partial charge in [-0.3, -0.25) is 13.6 Å². The maximum Gasteiger partial charge on any atom is 0.334 e. The number of benzene rings is 1. The van der Waals surface area contributed by atoms with E-state index < -0.39 is 23.6 Å². The molecule has 0 amide bonds. The van der Waals surface area contributed by atoms with Gasteiger partial charge in [0.2, 0.25) is 0 Å². The minimum atomic E-state index is -0.676. The number of rotatable bonds is 6. The van der Waals surface area contributed by atoms with Gasteiger partial charge < -0.3 is 0 Å². The molecule has 0 saturated carbocycles. The highest BCUT2D eigenvalue weighted by Crippen LogP contribution is 2.31. The van der Waals surface area contributed by atoms with Gasteiger partial charge in [0.05, 0.1) is 6.54 Å². The van der Waals surface area contributed by atoms with Gasteiger partial charge in [0.15, 0.2) is 0 Å². The normalized spacial score (nSPS) is 13.5. The number of thiazole rings is 1. The summed E-state index contributed by atoms with van der Waals surface area (Å²) < 4.78 is 32.8. The molecule has 4 aromatic heterocycles. The van der Waals surface area contributed by atoms with E-state index in [9.17, 15) is 13.6 Å². The first-order chi connectivity index (χ1) is 15.5. The summed E-state index contributed by atoms with van der Waals surface area (Å²) in [5, 5.41) is 6.66. The minimum absolute atomic E-state index is 0.252. The molecule has 0 aliphatic heterocycles. The van der Waals surface area contributed by atoms with Crippen molar-refractivity contribution in [1.82, 2.24) is 33.7 Å². The molecule has 8 nitrogen and oxygen atoms in total. The summed E-state index contributed by atoms with van der Waals surface area (Å²) in [6.07, 6.45) is 7.85. The van der Waals surface area contributed by atoms with Crippen molar-refractivity contribution >= 4 is 17.0 Å². The van der Waals surface area contributed by atoms with Crippen molar-refractivity contribution in [3.8, 4) is 10.7 Å². The van der Waals surface area contributed by atoms with Crippen LogP contribution >= 0.6 is 11.3 Å². The Morgan fingerprint density at radius 3 is 2.81 bits per heavy atom. The fourth-order valence-electron chi connectivity index (χ4n) is 3.80. The Balaban J connectivity index is 1.59. The Kier molecular flexibility index (Phi) is 5.10. The molecule has 162 valence electrons. The SMILES string of the molecule is CC(C(Cn1cncn1)c1ccc(F)cc1F)n1ccc2nc(-c3nccs3)cn2c1=O. The van der Waals surface area contributed by atoms with E-state index in [0.717, 1.165) is 6.07 Å². The molecule has 0 saturated heterocycles. The van der Waals surface area contributed by atoms with Crippen LogP contribution in [0.3, 0.4) is 0 Å². The molecule has 1 aromatic carbocycles. The summed E-state index contributed by atoms with van der Waals surface area (Å²) >= 11 is 1.43. The summed E-state index contributed by atoms with van der Waals surface area (Å²) in [7, 11) is 0. The highest BCUT2D eigenvalue weighted by atomic mass is 32.1. The molecule has 32 heavy (non-hydrogen) atoms. The summed E-state index contributed by atoms with van der Waals surface area (Å²) in [5.41, 5.74) is 1.06. The molecule has 0 aliphatic rings. The van der Waals surface area contributed by atoms with E-state index in [2.05, 4.69) is 20.1 Å². The Hall–Kier alpha value is -3.73. The number of aromatic nitrogens is 7. The summed E-state index contributed by atoms with van der Waals surface area (Å²) in [5.74, 6) is -1.86. The Morgan fingerprint density at radius 2 is 2.09 bits per heavy atom. The van der Waals surface area contributed by atoms with E-state index in [0.29, 0.717) is 16.3 Å². The standard InChI is InChI=1S/C21H17F2N7OS/c1-13(16(9-28-12-24-11-26-28)15-3-2-14(22)8-17(15)23)29-6-4-19-27-18(10-30(19)21(29)31)20-25-5-7-32-20/h2-8,10-13,16H,9H2,1H3. The van der Waals surface area contributed by atoms with Crippen molar-refractivity contribution in [2.45, 2.75) is 25.4 Å². The lowest BCUT2D eigenvalue weighted by molar-refractivity contribution is 0.361. The zero-order chi connectivity index (χ0) is 22.2. The summed E-state index contributed by atoms with van der Waals surface area (Å²) in [6, 6.07) is 4.70. The number of hydrogen-bond donors (Lipinski definition) is 0. The third kappa shape index (κ3) is 3.60. The van der Waals surface area contributed by atoms with Crippen molar-refractivity contribution < 1.29 is 8.78 Å². The van der Waals surface area contributed by atoms with Crippen LogP contribution in [0.25, 0.3) is 16.3 Å². The quantitative estimate of drug-likeness (QED) is 0.393. The van der Waals surface area contributed by atoms with Gasteiger partial charge in [0, 0.05) is 42.0 Å². The molecule has 0 aliphatic carbocycles. The van der Waals surface area contributed by atoms with Gasteiger partial charge >= 0.3 is 5.69 Å². The largest absolute Gasteiger partial charge is 0.334 e. The molecule has 0 radical (unpaired) electrons. The van der Waals surface area contributed by atoms with Crippen LogP contribution < -0.4 is 5.69 Å². The lowest BCUT2D eigenvalue weighted by Gasteiger charge is -2.26. The second-order valence-electron chi connectivity index (χ2n) is 7.33. The molecule has 2 atom stereocenters. The number of nitrogens with zero attached hydrogens (tertiary/aromatic N) is 7. The van der Waals surface area contributed by atoms with Gasteiger partial charge in [-0.25, -0.2) is 28.5 Å². The number of fused-ring (bicyclic) bond motifs is 1. The molecule has 0 bridgehead atoms. The second-order valence-corrected chi connectivity index (χ2v) is 8.22.